The first kappa shape index (κ1) is 21.3. The first-order valence-electron chi connectivity index (χ1n) is 9.65. The largest absolute Gasteiger partial charge is 0.343 e. The van der Waals surface area contributed by atoms with Crippen molar-refractivity contribution in [3.8, 4) is 11.3 Å². The lowest BCUT2D eigenvalue weighted by molar-refractivity contribution is 0.494. The van der Waals surface area contributed by atoms with Gasteiger partial charge in [-0.15, -0.1) is 0 Å². The van der Waals surface area contributed by atoms with E-state index in [9.17, 15) is 17.5 Å². The highest BCUT2D eigenvalue weighted by molar-refractivity contribution is 8.24. The van der Waals surface area contributed by atoms with Crippen molar-refractivity contribution < 1.29 is 17.5 Å². The highest BCUT2D eigenvalue weighted by Crippen LogP contribution is 2.45. The van der Waals surface area contributed by atoms with Crippen molar-refractivity contribution in [3.63, 3.8) is 0 Å². The van der Waals surface area contributed by atoms with E-state index in [-0.39, 0.29) is 21.8 Å². The standard InChI is InChI=1S/C20H26N4O4S2/c1-20(2,3)18-10-16-15(6-8-21-19(16)23-18)17-5-4-14(11-22-17)30(27,28)24-13-7-9-29(25,26)12-13/h4-6,8,10-11,13,24-26H,7,9,12H2,1-3H3,(H,21,23). The quantitative estimate of drug-likeness (QED) is 0.479. The summed E-state index contributed by atoms with van der Waals surface area (Å²) in [4.78, 5) is 12.2. The highest BCUT2D eigenvalue weighted by Gasteiger charge is 2.31. The Morgan fingerprint density at radius 3 is 2.57 bits per heavy atom. The topological polar surface area (TPSA) is 128 Å². The van der Waals surface area contributed by atoms with Gasteiger partial charge in [0, 0.05) is 46.2 Å². The third-order valence-corrected chi connectivity index (χ3v) is 8.58. The summed E-state index contributed by atoms with van der Waals surface area (Å²) < 4.78 is 47.3. The van der Waals surface area contributed by atoms with Crippen LogP contribution in [0.15, 0.2) is 41.6 Å². The third-order valence-electron chi connectivity index (χ3n) is 5.25. The van der Waals surface area contributed by atoms with Crippen LogP contribution in [0.1, 0.15) is 32.9 Å². The van der Waals surface area contributed by atoms with E-state index < -0.39 is 26.7 Å². The van der Waals surface area contributed by atoms with Crippen molar-refractivity contribution in [2.45, 2.75) is 43.5 Å². The number of sulfonamides is 1. The molecule has 30 heavy (non-hydrogen) atoms. The number of aromatic nitrogens is 3. The second-order valence-corrected chi connectivity index (χ2v) is 12.8. The van der Waals surface area contributed by atoms with E-state index in [1.165, 1.54) is 12.3 Å². The van der Waals surface area contributed by atoms with Crippen LogP contribution in [0.2, 0.25) is 0 Å². The molecule has 3 aromatic heterocycles. The second kappa shape index (κ2) is 7.31. The average Bonchev–Trinajstić information content (AvgIpc) is 3.24. The molecule has 1 fully saturated rings. The lowest BCUT2D eigenvalue weighted by atomic mass is 9.92. The molecule has 0 aliphatic carbocycles. The van der Waals surface area contributed by atoms with Gasteiger partial charge in [0.2, 0.25) is 10.0 Å². The summed E-state index contributed by atoms with van der Waals surface area (Å²) >= 11 is 0. The van der Waals surface area contributed by atoms with Crippen molar-refractivity contribution in [1.29, 1.82) is 0 Å². The van der Waals surface area contributed by atoms with Crippen LogP contribution in [0.4, 0.5) is 0 Å². The minimum Gasteiger partial charge on any atom is -0.343 e. The molecule has 10 heteroatoms. The molecule has 1 saturated heterocycles. The van der Waals surface area contributed by atoms with Gasteiger partial charge in [-0.3, -0.25) is 14.1 Å². The number of fused-ring (bicyclic) bond motifs is 1. The van der Waals surface area contributed by atoms with Gasteiger partial charge in [-0.05, 0) is 30.7 Å². The molecule has 8 nitrogen and oxygen atoms in total. The lowest BCUT2D eigenvalue weighted by Crippen LogP contribution is -2.35. The van der Waals surface area contributed by atoms with Crippen LogP contribution in [0.25, 0.3) is 22.3 Å². The number of nitrogens with zero attached hydrogens (tertiary/aromatic N) is 2. The number of hydrogen-bond donors (Lipinski definition) is 4. The van der Waals surface area contributed by atoms with Gasteiger partial charge in [0.1, 0.15) is 10.5 Å². The van der Waals surface area contributed by atoms with E-state index >= 15 is 0 Å². The molecule has 4 N–H and O–H groups in total. The zero-order chi connectivity index (χ0) is 21.7. The number of H-pyrrole nitrogens is 1. The predicted molar refractivity (Wildman–Crippen MR) is 119 cm³/mol. The average molecular weight is 451 g/mol. The molecule has 0 radical (unpaired) electrons. The third kappa shape index (κ3) is 4.23. The fraction of sp³-hybridized carbons (Fsp3) is 0.400. The predicted octanol–water partition coefficient (Wildman–Crippen LogP) is 3.72. The SMILES string of the molecule is CC(C)(C)c1cc2c(-c3ccc(S(=O)(=O)NC4CCS(O)(O)C4)cn3)ccnc2[nH]1. The van der Waals surface area contributed by atoms with E-state index in [2.05, 4.69) is 46.5 Å². The zero-order valence-electron chi connectivity index (χ0n) is 17.1. The molecule has 0 aromatic carbocycles. The monoisotopic (exact) mass is 450 g/mol. The number of pyridine rings is 2. The highest BCUT2D eigenvalue weighted by atomic mass is 32.3. The van der Waals surface area contributed by atoms with Crippen LogP contribution < -0.4 is 4.72 Å². The molecular weight excluding hydrogens is 424 g/mol. The number of aromatic amines is 1. The van der Waals surface area contributed by atoms with E-state index in [0.717, 1.165) is 22.3 Å². The Labute approximate surface area is 177 Å². The van der Waals surface area contributed by atoms with Gasteiger partial charge in [0.25, 0.3) is 0 Å². The van der Waals surface area contributed by atoms with Gasteiger partial charge >= 0.3 is 0 Å². The number of hydrogen-bond acceptors (Lipinski definition) is 6. The normalized spacial score (nSPS) is 20.5. The second-order valence-electron chi connectivity index (χ2n) is 8.71. The van der Waals surface area contributed by atoms with Crippen LogP contribution in [0.3, 0.4) is 0 Å². The van der Waals surface area contributed by atoms with Gasteiger partial charge < -0.3 is 4.98 Å². The molecule has 162 valence electrons. The maximum Gasteiger partial charge on any atom is 0.242 e. The molecule has 0 saturated carbocycles. The summed E-state index contributed by atoms with van der Waals surface area (Å²) in [6, 6.07) is 6.64. The molecule has 1 atom stereocenters. The lowest BCUT2D eigenvalue weighted by Gasteiger charge is -2.26. The van der Waals surface area contributed by atoms with Crippen LogP contribution in [-0.4, -0.2) is 50.0 Å². The Hall–Kier alpha value is -1.98. The van der Waals surface area contributed by atoms with E-state index in [0.29, 0.717) is 12.1 Å². The molecule has 4 rings (SSSR count). The zero-order valence-corrected chi connectivity index (χ0v) is 18.7. The Morgan fingerprint density at radius 1 is 1.20 bits per heavy atom. The smallest absolute Gasteiger partial charge is 0.242 e. The number of nitrogens with one attached hydrogen (secondary N) is 2. The molecule has 4 heterocycles. The van der Waals surface area contributed by atoms with Gasteiger partial charge in [-0.2, -0.15) is 10.6 Å². The van der Waals surface area contributed by atoms with Crippen molar-refractivity contribution >= 4 is 31.6 Å². The van der Waals surface area contributed by atoms with Crippen LogP contribution in [0.5, 0.6) is 0 Å². The van der Waals surface area contributed by atoms with E-state index in [1.54, 1.807) is 12.3 Å². The summed E-state index contributed by atoms with van der Waals surface area (Å²) in [6.07, 6.45) is 3.44. The minimum atomic E-state index is -3.79. The molecule has 1 unspecified atom stereocenters. The fourth-order valence-corrected chi connectivity index (χ4v) is 6.60. The van der Waals surface area contributed by atoms with Gasteiger partial charge in [-0.1, -0.05) is 20.8 Å². The van der Waals surface area contributed by atoms with Gasteiger partial charge in [0.05, 0.1) is 11.4 Å². The minimum absolute atomic E-state index is 0.0457. The van der Waals surface area contributed by atoms with Crippen molar-refractivity contribution in [3.05, 3.63) is 42.4 Å². The summed E-state index contributed by atoms with van der Waals surface area (Å²) in [7, 11) is -6.46. The van der Waals surface area contributed by atoms with Crippen molar-refractivity contribution in [2.24, 2.45) is 0 Å². The van der Waals surface area contributed by atoms with Gasteiger partial charge in [-0.25, -0.2) is 18.1 Å². The van der Waals surface area contributed by atoms with E-state index in [4.69, 9.17) is 0 Å². The maximum atomic E-state index is 12.7. The summed E-state index contributed by atoms with van der Waals surface area (Å²) in [5.41, 5.74) is 3.28. The first-order chi connectivity index (χ1) is 13.9. The van der Waals surface area contributed by atoms with Crippen molar-refractivity contribution in [2.75, 3.05) is 11.5 Å². The molecular formula is C20H26N4O4S2. The van der Waals surface area contributed by atoms with E-state index in [1.807, 2.05) is 6.07 Å². The van der Waals surface area contributed by atoms with Gasteiger partial charge in [0.15, 0.2) is 0 Å². The molecule has 0 amide bonds. The Bertz CT molecular complexity index is 1180. The first-order valence-corrected chi connectivity index (χ1v) is 13.0. The molecule has 1 aliphatic heterocycles. The summed E-state index contributed by atoms with van der Waals surface area (Å²) in [5, 5.41) is 0.930. The molecule has 3 aromatic rings. The maximum absolute atomic E-state index is 12.7. The Morgan fingerprint density at radius 2 is 1.97 bits per heavy atom. The van der Waals surface area contributed by atoms with Crippen LogP contribution in [-0.2, 0) is 15.4 Å². The molecule has 0 bridgehead atoms. The van der Waals surface area contributed by atoms with Crippen molar-refractivity contribution in [1.82, 2.24) is 19.7 Å². The molecule has 0 spiro atoms. The van der Waals surface area contributed by atoms with Crippen LogP contribution >= 0.6 is 10.6 Å². The van der Waals surface area contributed by atoms with Crippen LogP contribution in [0, 0.1) is 0 Å². The summed E-state index contributed by atoms with van der Waals surface area (Å²) in [6.45, 7) is 6.35. The number of rotatable bonds is 4. The summed E-state index contributed by atoms with van der Waals surface area (Å²) in [5.74, 6) is 0.277. The Kier molecular flexibility index (Phi) is 5.18. The fourth-order valence-electron chi connectivity index (χ4n) is 3.55. The molecule has 1 aliphatic rings. The Balaban J connectivity index is 1.62.